The van der Waals surface area contributed by atoms with Gasteiger partial charge in [0.2, 0.25) is 0 Å². The Morgan fingerprint density at radius 3 is 2.65 bits per heavy atom. The first-order valence-electron chi connectivity index (χ1n) is 6.58. The lowest BCUT2D eigenvalue weighted by atomic mass is 9.92. The number of benzene rings is 1. The molecule has 1 saturated carbocycles. The molecule has 0 aromatic heterocycles. The van der Waals surface area contributed by atoms with Crippen LogP contribution in [-0.2, 0) is 0 Å². The molecule has 0 radical (unpaired) electrons. The van der Waals surface area contributed by atoms with Gasteiger partial charge in [-0.2, -0.15) is 0 Å². The van der Waals surface area contributed by atoms with Crippen molar-refractivity contribution in [1.82, 2.24) is 5.32 Å². The largest absolute Gasteiger partial charge is 0.351 e. The van der Waals surface area contributed by atoms with Crippen LogP contribution in [0.4, 0.5) is 10.1 Å². The van der Waals surface area contributed by atoms with E-state index in [9.17, 15) is 19.3 Å². The fourth-order valence-electron chi connectivity index (χ4n) is 2.32. The van der Waals surface area contributed by atoms with E-state index in [1.165, 1.54) is 0 Å². The number of rotatable bonds is 5. The Kier molecular flexibility index (Phi) is 3.74. The topological polar surface area (TPSA) is 72.2 Å². The van der Waals surface area contributed by atoms with Crippen molar-refractivity contribution < 1.29 is 14.1 Å². The fraction of sp³-hybridized carbons (Fsp3) is 0.500. The van der Waals surface area contributed by atoms with Crippen molar-refractivity contribution in [2.75, 3.05) is 6.54 Å². The third kappa shape index (κ3) is 2.79. The first-order valence-corrected chi connectivity index (χ1v) is 6.58. The van der Waals surface area contributed by atoms with E-state index in [0.717, 1.165) is 31.0 Å². The lowest BCUT2D eigenvalue weighted by molar-refractivity contribution is -0.385. The second-order valence-corrected chi connectivity index (χ2v) is 5.62. The van der Waals surface area contributed by atoms with Gasteiger partial charge in [0.05, 0.1) is 4.92 Å². The third-order valence-corrected chi connectivity index (χ3v) is 4.12. The van der Waals surface area contributed by atoms with E-state index < -0.39 is 16.6 Å². The molecule has 0 aliphatic heterocycles. The average molecular weight is 280 g/mol. The molecule has 20 heavy (non-hydrogen) atoms. The molecule has 1 aromatic carbocycles. The SMILES string of the molecule is CC(C)C1(CNC(=O)c2cc(F)ccc2[N+](=O)[O-])CC1. The summed E-state index contributed by atoms with van der Waals surface area (Å²) >= 11 is 0. The van der Waals surface area contributed by atoms with Crippen molar-refractivity contribution in [3.8, 4) is 0 Å². The van der Waals surface area contributed by atoms with Crippen molar-refractivity contribution in [2.24, 2.45) is 11.3 Å². The van der Waals surface area contributed by atoms with Crippen LogP contribution in [0.15, 0.2) is 18.2 Å². The van der Waals surface area contributed by atoms with Gasteiger partial charge in [-0.1, -0.05) is 13.8 Å². The Bertz CT molecular complexity index is 553. The summed E-state index contributed by atoms with van der Waals surface area (Å²) in [4.78, 5) is 22.2. The van der Waals surface area contributed by atoms with E-state index in [0.29, 0.717) is 12.5 Å². The predicted molar refractivity (Wildman–Crippen MR) is 71.9 cm³/mol. The number of nitro groups is 1. The van der Waals surface area contributed by atoms with Gasteiger partial charge in [0, 0.05) is 12.6 Å². The highest BCUT2D eigenvalue weighted by Gasteiger charge is 2.45. The van der Waals surface area contributed by atoms with Gasteiger partial charge in [0.25, 0.3) is 11.6 Å². The number of carbonyl (C=O) groups is 1. The predicted octanol–water partition coefficient (Wildman–Crippen LogP) is 2.90. The number of amides is 1. The van der Waals surface area contributed by atoms with Gasteiger partial charge >= 0.3 is 0 Å². The summed E-state index contributed by atoms with van der Waals surface area (Å²) < 4.78 is 13.2. The van der Waals surface area contributed by atoms with Crippen LogP contribution in [0.1, 0.15) is 37.0 Å². The van der Waals surface area contributed by atoms with Crippen LogP contribution in [0.25, 0.3) is 0 Å². The maximum Gasteiger partial charge on any atom is 0.282 e. The molecule has 108 valence electrons. The van der Waals surface area contributed by atoms with Gasteiger partial charge < -0.3 is 5.32 Å². The second-order valence-electron chi connectivity index (χ2n) is 5.62. The van der Waals surface area contributed by atoms with Crippen LogP contribution >= 0.6 is 0 Å². The van der Waals surface area contributed by atoms with E-state index >= 15 is 0 Å². The molecule has 0 heterocycles. The zero-order valence-corrected chi connectivity index (χ0v) is 11.5. The van der Waals surface area contributed by atoms with Crippen molar-refractivity contribution >= 4 is 11.6 Å². The second kappa shape index (κ2) is 5.19. The molecular formula is C14H17FN2O3. The molecule has 1 aliphatic carbocycles. The number of halogens is 1. The summed E-state index contributed by atoms with van der Waals surface area (Å²) in [6, 6.07) is 2.90. The number of nitrogens with one attached hydrogen (secondary N) is 1. The average Bonchev–Trinajstić information content (AvgIpc) is 3.16. The first-order chi connectivity index (χ1) is 9.35. The van der Waals surface area contributed by atoms with Crippen LogP contribution in [0.5, 0.6) is 0 Å². The summed E-state index contributed by atoms with van der Waals surface area (Å²) in [5.41, 5.74) is -0.509. The van der Waals surface area contributed by atoms with E-state index in [1.807, 2.05) is 0 Å². The Labute approximate surface area is 116 Å². The molecule has 1 aliphatic rings. The molecule has 0 spiro atoms. The van der Waals surface area contributed by atoms with Gasteiger partial charge in [-0.3, -0.25) is 14.9 Å². The van der Waals surface area contributed by atoms with Crippen LogP contribution in [0.3, 0.4) is 0 Å². The summed E-state index contributed by atoms with van der Waals surface area (Å²) in [7, 11) is 0. The lowest BCUT2D eigenvalue weighted by Crippen LogP contribution is -2.33. The summed E-state index contributed by atoms with van der Waals surface area (Å²) in [6.07, 6.45) is 2.08. The molecule has 2 rings (SSSR count). The molecular weight excluding hydrogens is 263 g/mol. The summed E-state index contributed by atoms with van der Waals surface area (Å²) in [5, 5.41) is 13.6. The molecule has 1 fully saturated rings. The highest BCUT2D eigenvalue weighted by Crippen LogP contribution is 2.51. The smallest absolute Gasteiger partial charge is 0.282 e. The molecule has 0 bridgehead atoms. The maximum absolute atomic E-state index is 13.2. The minimum atomic E-state index is -0.677. The number of nitro benzene ring substituents is 1. The highest BCUT2D eigenvalue weighted by atomic mass is 19.1. The molecule has 0 unspecified atom stereocenters. The van der Waals surface area contributed by atoms with Crippen molar-refractivity contribution in [2.45, 2.75) is 26.7 Å². The molecule has 5 nitrogen and oxygen atoms in total. The molecule has 6 heteroatoms. The number of carbonyl (C=O) groups excluding carboxylic acids is 1. The minimum absolute atomic E-state index is 0.0950. The normalized spacial score (nSPS) is 16.0. The zero-order chi connectivity index (χ0) is 14.9. The van der Waals surface area contributed by atoms with Gasteiger partial charge in [0.15, 0.2) is 0 Å². The number of hydrogen-bond donors (Lipinski definition) is 1. The van der Waals surface area contributed by atoms with Crippen LogP contribution in [0.2, 0.25) is 0 Å². The van der Waals surface area contributed by atoms with Crippen molar-refractivity contribution in [1.29, 1.82) is 0 Å². The summed E-state index contributed by atoms with van der Waals surface area (Å²) in [5.74, 6) is -0.820. The monoisotopic (exact) mass is 280 g/mol. The van der Waals surface area contributed by atoms with E-state index in [-0.39, 0.29) is 16.7 Å². The van der Waals surface area contributed by atoms with E-state index in [2.05, 4.69) is 19.2 Å². The van der Waals surface area contributed by atoms with Gasteiger partial charge in [-0.15, -0.1) is 0 Å². The lowest BCUT2D eigenvalue weighted by Gasteiger charge is -2.19. The van der Waals surface area contributed by atoms with E-state index in [1.54, 1.807) is 0 Å². The number of nitrogens with zero attached hydrogens (tertiary/aromatic N) is 1. The number of hydrogen-bond acceptors (Lipinski definition) is 3. The van der Waals surface area contributed by atoms with Crippen molar-refractivity contribution in [3.05, 3.63) is 39.7 Å². The minimum Gasteiger partial charge on any atom is -0.351 e. The zero-order valence-electron chi connectivity index (χ0n) is 11.5. The molecule has 0 saturated heterocycles. The van der Waals surface area contributed by atoms with Crippen molar-refractivity contribution in [3.63, 3.8) is 0 Å². The fourth-order valence-corrected chi connectivity index (χ4v) is 2.32. The quantitative estimate of drug-likeness (QED) is 0.665. The first kappa shape index (κ1) is 14.4. The van der Waals surface area contributed by atoms with E-state index in [4.69, 9.17) is 0 Å². The van der Waals surface area contributed by atoms with Crippen LogP contribution in [0, 0.1) is 27.3 Å². The van der Waals surface area contributed by atoms with Gasteiger partial charge in [0.1, 0.15) is 11.4 Å². The molecule has 0 atom stereocenters. The van der Waals surface area contributed by atoms with Gasteiger partial charge in [-0.25, -0.2) is 4.39 Å². The summed E-state index contributed by atoms with van der Waals surface area (Å²) in [6.45, 7) is 4.64. The third-order valence-electron chi connectivity index (χ3n) is 4.12. The van der Waals surface area contributed by atoms with Crippen LogP contribution in [-0.4, -0.2) is 17.4 Å². The highest BCUT2D eigenvalue weighted by molar-refractivity contribution is 5.98. The maximum atomic E-state index is 13.2. The molecule has 1 aromatic rings. The molecule has 1 N–H and O–H groups in total. The van der Waals surface area contributed by atoms with Crippen LogP contribution < -0.4 is 5.32 Å². The Balaban J connectivity index is 2.13. The Morgan fingerprint density at radius 2 is 2.15 bits per heavy atom. The Morgan fingerprint density at radius 1 is 1.50 bits per heavy atom. The van der Waals surface area contributed by atoms with Gasteiger partial charge in [-0.05, 0) is 36.3 Å². The molecule has 1 amide bonds. The standard InChI is InChI=1S/C14H17FN2O3/c1-9(2)14(5-6-14)8-16-13(18)11-7-10(15)3-4-12(11)17(19)20/h3-4,7,9H,5-6,8H2,1-2H3,(H,16,18). The Hall–Kier alpha value is -1.98.